The van der Waals surface area contributed by atoms with Crippen molar-refractivity contribution in [2.45, 2.75) is 38.2 Å². The van der Waals surface area contributed by atoms with Gasteiger partial charge in [0, 0.05) is 48.0 Å². The Morgan fingerprint density at radius 3 is 2.55 bits per heavy atom. The first-order valence-corrected chi connectivity index (χ1v) is 11.6. The number of likely N-dealkylation sites (tertiary alicyclic amines) is 2. The fourth-order valence-corrected chi connectivity index (χ4v) is 5.52. The lowest BCUT2D eigenvalue weighted by Gasteiger charge is -2.57. The molecule has 5 rings (SSSR count). The van der Waals surface area contributed by atoms with E-state index < -0.39 is 23.8 Å². The number of aryl methyl sites for hydroxylation is 1. The second kappa shape index (κ2) is 7.94. The van der Waals surface area contributed by atoms with Gasteiger partial charge in [-0.1, -0.05) is 36.4 Å². The van der Waals surface area contributed by atoms with Gasteiger partial charge < -0.3 is 9.80 Å². The third kappa shape index (κ3) is 3.46. The number of carbonyl (C=O) groups is 2. The van der Waals surface area contributed by atoms with E-state index in [1.807, 2.05) is 22.9 Å². The first-order chi connectivity index (χ1) is 15.8. The van der Waals surface area contributed by atoms with Crippen molar-refractivity contribution < 1.29 is 18.4 Å². The standard InChI is InChI=1S/C24H25ClF2N4O2/c1-2-19(32)30-13-23(14-30)10-12-29(15-24(23,26)27)22(33)21-20(16-7-3-4-8-17(16)25)18-9-5-6-11-31(18)28-21/h2-4,7-8H,1,5-6,9-15H2. The van der Waals surface area contributed by atoms with E-state index in [1.165, 1.54) is 9.80 Å². The van der Waals surface area contributed by atoms with Crippen LogP contribution >= 0.6 is 11.6 Å². The van der Waals surface area contributed by atoms with Gasteiger partial charge >= 0.3 is 0 Å². The van der Waals surface area contributed by atoms with Crippen LogP contribution in [-0.4, -0.2) is 63.5 Å². The van der Waals surface area contributed by atoms with Crippen LogP contribution in [0.25, 0.3) is 11.1 Å². The van der Waals surface area contributed by atoms with E-state index >= 15 is 8.78 Å². The number of piperidine rings is 1. The third-order valence-corrected chi connectivity index (χ3v) is 7.55. The third-order valence-electron chi connectivity index (χ3n) is 7.22. The summed E-state index contributed by atoms with van der Waals surface area (Å²) in [5, 5.41) is 5.06. The van der Waals surface area contributed by atoms with Crippen LogP contribution in [0.5, 0.6) is 0 Å². The van der Waals surface area contributed by atoms with Crippen LogP contribution in [0.1, 0.15) is 35.4 Å². The molecule has 9 heteroatoms. The highest BCUT2D eigenvalue weighted by molar-refractivity contribution is 6.33. The van der Waals surface area contributed by atoms with E-state index in [0.29, 0.717) is 22.7 Å². The summed E-state index contributed by atoms with van der Waals surface area (Å²) < 4.78 is 32.4. The second-order valence-electron chi connectivity index (χ2n) is 9.19. The lowest BCUT2D eigenvalue weighted by molar-refractivity contribution is -0.217. The number of hydrogen-bond donors (Lipinski definition) is 0. The molecule has 0 radical (unpaired) electrons. The van der Waals surface area contributed by atoms with Gasteiger partial charge in [0.1, 0.15) is 0 Å². The molecule has 4 heterocycles. The summed E-state index contributed by atoms with van der Waals surface area (Å²) in [5.74, 6) is -3.95. The minimum absolute atomic E-state index is 0.0173. The monoisotopic (exact) mass is 474 g/mol. The van der Waals surface area contributed by atoms with E-state index in [0.717, 1.165) is 31.0 Å². The highest BCUT2D eigenvalue weighted by Gasteiger charge is 2.63. The highest BCUT2D eigenvalue weighted by atomic mass is 35.5. The van der Waals surface area contributed by atoms with Gasteiger partial charge in [-0.05, 0) is 37.8 Å². The van der Waals surface area contributed by atoms with Gasteiger partial charge in [-0.15, -0.1) is 0 Å². The molecule has 1 aromatic carbocycles. The normalized spacial score (nSPS) is 20.8. The average molecular weight is 475 g/mol. The molecule has 0 unspecified atom stereocenters. The number of benzene rings is 1. The van der Waals surface area contributed by atoms with Crippen molar-refractivity contribution >= 4 is 23.4 Å². The minimum Gasteiger partial charge on any atom is -0.337 e. The van der Waals surface area contributed by atoms with Crippen LogP contribution in [0.4, 0.5) is 8.78 Å². The summed E-state index contributed by atoms with van der Waals surface area (Å²) in [5.41, 5.74) is 1.17. The number of nitrogens with zero attached hydrogens (tertiary/aromatic N) is 4. The molecule has 6 nitrogen and oxygen atoms in total. The van der Waals surface area contributed by atoms with E-state index in [4.69, 9.17) is 11.6 Å². The van der Waals surface area contributed by atoms with Crippen molar-refractivity contribution in [2.24, 2.45) is 5.41 Å². The van der Waals surface area contributed by atoms with Crippen LogP contribution < -0.4 is 0 Å². The number of hydrogen-bond acceptors (Lipinski definition) is 3. The van der Waals surface area contributed by atoms with Gasteiger partial charge in [-0.3, -0.25) is 14.3 Å². The summed E-state index contributed by atoms with van der Waals surface area (Å²) in [6.07, 6.45) is 3.95. The van der Waals surface area contributed by atoms with E-state index in [1.54, 1.807) is 6.07 Å². The Hall–Kier alpha value is -2.74. The second-order valence-corrected chi connectivity index (χ2v) is 9.60. The Balaban J connectivity index is 1.44. The maximum atomic E-state index is 15.3. The van der Waals surface area contributed by atoms with E-state index in [9.17, 15) is 9.59 Å². The van der Waals surface area contributed by atoms with Crippen LogP contribution in [0, 0.1) is 5.41 Å². The highest BCUT2D eigenvalue weighted by Crippen LogP contribution is 2.50. The van der Waals surface area contributed by atoms with Crippen molar-refractivity contribution in [1.82, 2.24) is 19.6 Å². The number of aromatic nitrogens is 2. The molecule has 1 spiro atoms. The molecule has 0 atom stereocenters. The Labute approximate surface area is 195 Å². The summed E-state index contributed by atoms with van der Waals surface area (Å²) in [7, 11) is 0. The molecule has 2 amide bonds. The van der Waals surface area contributed by atoms with Gasteiger partial charge in [-0.25, -0.2) is 8.78 Å². The smallest absolute Gasteiger partial charge is 0.275 e. The summed E-state index contributed by atoms with van der Waals surface area (Å²) >= 11 is 6.46. The number of carbonyl (C=O) groups excluding carboxylic acids is 2. The van der Waals surface area contributed by atoms with Gasteiger partial charge in [-0.2, -0.15) is 5.10 Å². The molecule has 2 aromatic rings. The molecule has 2 fully saturated rings. The molecule has 2 saturated heterocycles. The molecule has 0 N–H and O–H groups in total. The van der Waals surface area contributed by atoms with E-state index in [-0.39, 0.29) is 37.7 Å². The largest absolute Gasteiger partial charge is 0.337 e. The van der Waals surface area contributed by atoms with Gasteiger partial charge in [0.2, 0.25) is 5.91 Å². The first kappa shape index (κ1) is 22.1. The number of alkyl halides is 2. The lowest BCUT2D eigenvalue weighted by atomic mass is 9.69. The van der Waals surface area contributed by atoms with Crippen molar-refractivity contribution in [3.8, 4) is 11.1 Å². The fourth-order valence-electron chi connectivity index (χ4n) is 5.29. The van der Waals surface area contributed by atoms with Crippen molar-refractivity contribution in [2.75, 3.05) is 26.2 Å². The molecule has 1 aromatic heterocycles. The molecule has 0 bridgehead atoms. The van der Waals surface area contributed by atoms with Crippen molar-refractivity contribution in [3.05, 3.63) is 53.3 Å². The summed E-state index contributed by atoms with van der Waals surface area (Å²) in [6, 6.07) is 7.25. The Morgan fingerprint density at radius 1 is 1.09 bits per heavy atom. The Bertz CT molecular complexity index is 1140. The zero-order valence-electron chi connectivity index (χ0n) is 18.2. The zero-order valence-corrected chi connectivity index (χ0v) is 19.0. The van der Waals surface area contributed by atoms with Crippen LogP contribution in [-0.2, 0) is 17.8 Å². The molecule has 174 valence electrons. The maximum Gasteiger partial charge on any atom is 0.275 e. The molecule has 0 aliphatic carbocycles. The molecule has 0 saturated carbocycles. The van der Waals surface area contributed by atoms with Gasteiger partial charge in [0.15, 0.2) is 5.69 Å². The van der Waals surface area contributed by atoms with Crippen molar-refractivity contribution in [1.29, 1.82) is 0 Å². The molecule has 3 aliphatic heterocycles. The Morgan fingerprint density at radius 2 is 1.85 bits per heavy atom. The zero-order chi connectivity index (χ0) is 23.4. The van der Waals surface area contributed by atoms with Crippen molar-refractivity contribution in [3.63, 3.8) is 0 Å². The predicted molar refractivity (Wildman–Crippen MR) is 120 cm³/mol. The lowest BCUT2D eigenvalue weighted by Crippen LogP contribution is -2.71. The molecular formula is C24H25ClF2N4O2. The summed E-state index contributed by atoms with van der Waals surface area (Å²) in [6.45, 7) is 3.57. The summed E-state index contributed by atoms with van der Waals surface area (Å²) in [4.78, 5) is 27.9. The molecule has 3 aliphatic rings. The average Bonchev–Trinajstić information content (AvgIpc) is 3.16. The number of amides is 2. The predicted octanol–water partition coefficient (Wildman–Crippen LogP) is 4.04. The van der Waals surface area contributed by atoms with Gasteiger partial charge in [0.05, 0.1) is 12.0 Å². The molecule has 33 heavy (non-hydrogen) atoms. The SMILES string of the molecule is C=CC(=O)N1CC2(CCN(C(=O)c3nn4c(c3-c3ccccc3Cl)CCCC4)CC2(F)F)C1. The van der Waals surface area contributed by atoms with E-state index in [2.05, 4.69) is 11.7 Å². The maximum absolute atomic E-state index is 15.3. The topological polar surface area (TPSA) is 58.4 Å². The first-order valence-electron chi connectivity index (χ1n) is 11.2. The number of fused-ring (bicyclic) bond motifs is 1. The van der Waals surface area contributed by atoms with Gasteiger partial charge in [0.25, 0.3) is 11.8 Å². The van der Waals surface area contributed by atoms with Crippen LogP contribution in [0.15, 0.2) is 36.9 Å². The minimum atomic E-state index is -3.11. The molecular weight excluding hydrogens is 450 g/mol. The van der Waals surface area contributed by atoms with Crippen LogP contribution in [0.2, 0.25) is 5.02 Å². The quantitative estimate of drug-likeness (QED) is 0.631. The Kier molecular flexibility index (Phi) is 5.31. The number of rotatable bonds is 3. The number of halogens is 3. The van der Waals surface area contributed by atoms with Crippen LogP contribution in [0.3, 0.4) is 0 Å². The fraction of sp³-hybridized carbons (Fsp3) is 0.458.